The maximum atomic E-state index is 9.95. The van der Waals surface area contributed by atoms with E-state index < -0.39 is 11.1 Å². The number of aliphatic hydroxyl groups is 1. The van der Waals surface area contributed by atoms with E-state index >= 15 is 0 Å². The number of carboxylic acids is 1. The summed E-state index contributed by atoms with van der Waals surface area (Å²) in [7, 11) is 1.43. The standard InChI is InChI=1S/C5H9NO3S.CH3NOS/c1-9-5(10)6-3-2-4(7)8;2-1(3)4/h2-3H2,1H3,(H,6,10)(H,7,8);(H3,2,3,4). The summed E-state index contributed by atoms with van der Waals surface area (Å²) in [5.74, 6) is -0.855. The topological polar surface area (TPSA) is 105 Å². The van der Waals surface area contributed by atoms with Crippen LogP contribution >= 0.6 is 24.4 Å². The molecule has 0 atom stereocenters. The van der Waals surface area contributed by atoms with Crippen LogP contribution in [0.1, 0.15) is 6.42 Å². The molecule has 82 valence electrons. The zero-order chi connectivity index (χ0) is 11.6. The normalized spacial score (nSPS) is 7.79. The molecule has 0 amide bonds. The van der Waals surface area contributed by atoms with Crippen LogP contribution in [-0.2, 0) is 9.53 Å². The zero-order valence-corrected chi connectivity index (χ0v) is 9.15. The van der Waals surface area contributed by atoms with Crippen molar-refractivity contribution in [1.82, 2.24) is 5.32 Å². The molecule has 8 heteroatoms. The van der Waals surface area contributed by atoms with Gasteiger partial charge >= 0.3 is 5.97 Å². The van der Waals surface area contributed by atoms with Crippen LogP contribution in [0.3, 0.4) is 0 Å². The van der Waals surface area contributed by atoms with E-state index in [9.17, 15) is 4.79 Å². The maximum absolute atomic E-state index is 9.95. The molecule has 0 unspecified atom stereocenters. The molecule has 0 radical (unpaired) electrons. The quantitative estimate of drug-likeness (QED) is 0.501. The van der Waals surface area contributed by atoms with Gasteiger partial charge in [-0.2, -0.15) is 0 Å². The molecular formula is C6H12N2O4S2. The van der Waals surface area contributed by atoms with Gasteiger partial charge in [0.1, 0.15) is 0 Å². The third-order valence-corrected chi connectivity index (χ3v) is 1.10. The van der Waals surface area contributed by atoms with E-state index in [-0.39, 0.29) is 11.6 Å². The molecule has 0 aliphatic rings. The number of nitrogens with one attached hydrogen (secondary N) is 1. The highest BCUT2D eigenvalue weighted by Gasteiger charge is 1.96. The lowest BCUT2D eigenvalue weighted by molar-refractivity contribution is -0.136. The minimum absolute atomic E-state index is 0.0451. The number of hydrogen-bond donors (Lipinski definition) is 4. The Morgan fingerprint density at radius 2 is 1.93 bits per heavy atom. The molecule has 0 saturated heterocycles. The summed E-state index contributed by atoms with van der Waals surface area (Å²) in [6.45, 7) is 0.308. The number of hydrogen-bond acceptors (Lipinski definition) is 4. The molecule has 0 aliphatic carbocycles. The Bertz CT molecular complexity index is 206. The van der Waals surface area contributed by atoms with Crippen molar-refractivity contribution in [2.75, 3.05) is 13.7 Å². The lowest BCUT2D eigenvalue weighted by Gasteiger charge is -2.02. The number of rotatable bonds is 3. The van der Waals surface area contributed by atoms with Crippen molar-refractivity contribution in [2.45, 2.75) is 6.42 Å². The Morgan fingerprint density at radius 1 is 1.50 bits per heavy atom. The summed E-state index contributed by atoms with van der Waals surface area (Å²) in [6, 6.07) is 0. The first kappa shape index (κ1) is 15.3. The second-order valence-electron chi connectivity index (χ2n) is 1.90. The molecule has 6 nitrogen and oxygen atoms in total. The zero-order valence-electron chi connectivity index (χ0n) is 7.52. The Kier molecular flexibility index (Phi) is 10.9. The molecular weight excluding hydrogens is 228 g/mol. The van der Waals surface area contributed by atoms with Gasteiger partial charge in [0.05, 0.1) is 13.5 Å². The monoisotopic (exact) mass is 240 g/mol. The highest BCUT2D eigenvalue weighted by atomic mass is 32.1. The molecule has 0 spiro atoms. The van der Waals surface area contributed by atoms with E-state index in [1.165, 1.54) is 7.11 Å². The van der Waals surface area contributed by atoms with Gasteiger partial charge in [-0.15, -0.1) is 0 Å². The number of carbonyl (C=O) groups is 1. The summed E-state index contributed by atoms with van der Waals surface area (Å²) in [5.41, 5.74) is 4.40. The highest BCUT2D eigenvalue weighted by molar-refractivity contribution is 7.80. The van der Waals surface area contributed by atoms with Crippen LogP contribution in [0.4, 0.5) is 0 Å². The van der Waals surface area contributed by atoms with Gasteiger partial charge in [-0.25, -0.2) is 0 Å². The summed E-state index contributed by atoms with van der Waals surface area (Å²) < 4.78 is 4.56. The van der Waals surface area contributed by atoms with Gasteiger partial charge in [0, 0.05) is 6.54 Å². The predicted octanol–water partition coefficient (Wildman–Crippen LogP) is -0.230. The molecule has 0 rings (SSSR count). The second kappa shape index (κ2) is 9.93. The molecule has 0 saturated carbocycles. The van der Waals surface area contributed by atoms with Crippen LogP contribution in [0.25, 0.3) is 0 Å². The maximum Gasteiger partial charge on any atom is 0.305 e. The smallest absolute Gasteiger partial charge is 0.305 e. The molecule has 5 N–H and O–H groups in total. The minimum Gasteiger partial charge on any atom is -0.487 e. The lowest BCUT2D eigenvalue weighted by atomic mass is 10.4. The molecule has 0 aromatic heterocycles. The van der Waals surface area contributed by atoms with Gasteiger partial charge in [-0.1, -0.05) is 0 Å². The molecule has 0 aromatic rings. The summed E-state index contributed by atoms with van der Waals surface area (Å²) in [4.78, 5) is 9.95. The summed E-state index contributed by atoms with van der Waals surface area (Å²) >= 11 is 8.45. The number of carboxylic acid groups (broad SMARTS) is 1. The Balaban J connectivity index is 0. The van der Waals surface area contributed by atoms with Crippen molar-refractivity contribution in [3.63, 3.8) is 0 Å². The minimum atomic E-state index is -0.855. The third kappa shape index (κ3) is 22.4. The average Bonchev–Trinajstić information content (AvgIpc) is 2.02. The Morgan fingerprint density at radius 3 is 2.21 bits per heavy atom. The predicted molar refractivity (Wildman–Crippen MR) is 59.3 cm³/mol. The number of thiocarbonyl (C=S) groups is 2. The van der Waals surface area contributed by atoms with Crippen molar-refractivity contribution in [3.05, 3.63) is 0 Å². The van der Waals surface area contributed by atoms with Crippen molar-refractivity contribution < 1.29 is 19.7 Å². The molecule has 0 fully saturated rings. The van der Waals surface area contributed by atoms with Gasteiger partial charge in [0.2, 0.25) is 0 Å². The SMILES string of the molecule is COC(=S)NCCC(=O)O.NC(O)=S. The van der Waals surface area contributed by atoms with Crippen molar-refractivity contribution in [3.8, 4) is 0 Å². The first-order valence-electron chi connectivity index (χ1n) is 3.42. The fourth-order valence-electron chi connectivity index (χ4n) is 0.344. The van der Waals surface area contributed by atoms with Gasteiger partial charge in [0.15, 0.2) is 0 Å². The third-order valence-electron chi connectivity index (χ3n) is 0.794. The molecule has 0 bridgehead atoms. The summed E-state index contributed by atoms with van der Waals surface area (Å²) in [6.07, 6.45) is 0.0451. The van der Waals surface area contributed by atoms with Crippen molar-refractivity contribution >= 4 is 40.8 Å². The molecule has 0 aromatic carbocycles. The van der Waals surface area contributed by atoms with Gasteiger partial charge in [-0.3, -0.25) is 4.79 Å². The number of methoxy groups -OCH3 is 1. The number of aliphatic hydroxyl groups excluding tert-OH is 1. The number of nitrogens with two attached hydrogens (primary N) is 1. The van der Waals surface area contributed by atoms with E-state index in [4.69, 9.17) is 10.2 Å². The van der Waals surface area contributed by atoms with E-state index in [1.807, 2.05) is 0 Å². The number of ether oxygens (including phenoxy) is 1. The van der Waals surface area contributed by atoms with Crippen molar-refractivity contribution in [1.29, 1.82) is 0 Å². The largest absolute Gasteiger partial charge is 0.487 e. The van der Waals surface area contributed by atoms with Gasteiger partial charge in [-0.05, 0) is 24.4 Å². The molecule has 0 aliphatic heterocycles. The van der Waals surface area contributed by atoms with Crippen LogP contribution in [0.15, 0.2) is 0 Å². The highest BCUT2D eigenvalue weighted by Crippen LogP contribution is 1.77. The Hall–Kier alpha value is -1.15. The van der Waals surface area contributed by atoms with Crippen LogP contribution in [-0.4, -0.2) is 40.2 Å². The Labute approximate surface area is 92.0 Å². The summed E-state index contributed by atoms with van der Waals surface area (Å²) in [5, 5.41) is 18.1. The van der Waals surface area contributed by atoms with Crippen LogP contribution in [0.2, 0.25) is 0 Å². The van der Waals surface area contributed by atoms with Crippen LogP contribution in [0.5, 0.6) is 0 Å². The van der Waals surface area contributed by atoms with E-state index in [0.29, 0.717) is 6.54 Å². The molecule has 14 heavy (non-hydrogen) atoms. The van der Waals surface area contributed by atoms with Crippen LogP contribution < -0.4 is 11.1 Å². The number of aliphatic carboxylic acids is 1. The van der Waals surface area contributed by atoms with E-state index in [1.54, 1.807) is 0 Å². The van der Waals surface area contributed by atoms with Gasteiger partial charge in [0.25, 0.3) is 10.3 Å². The van der Waals surface area contributed by atoms with Gasteiger partial charge < -0.3 is 26.0 Å². The van der Waals surface area contributed by atoms with E-state index in [2.05, 4.69) is 40.2 Å². The molecule has 0 heterocycles. The second-order valence-corrected chi connectivity index (χ2v) is 2.69. The average molecular weight is 240 g/mol. The first-order valence-corrected chi connectivity index (χ1v) is 4.23. The first-order chi connectivity index (χ1) is 6.40. The fraction of sp³-hybridized carbons (Fsp3) is 0.500. The van der Waals surface area contributed by atoms with Crippen molar-refractivity contribution in [2.24, 2.45) is 5.73 Å². The fourth-order valence-corrected chi connectivity index (χ4v) is 0.446. The lowest BCUT2D eigenvalue weighted by Crippen LogP contribution is -2.25. The van der Waals surface area contributed by atoms with Crippen LogP contribution in [0, 0.1) is 0 Å². The van der Waals surface area contributed by atoms with E-state index in [0.717, 1.165) is 0 Å².